The quantitative estimate of drug-likeness (QED) is 0.147. The first-order valence-corrected chi connectivity index (χ1v) is 12.7. The third-order valence-electron chi connectivity index (χ3n) is 6.56. The molecule has 0 aliphatic carbocycles. The van der Waals surface area contributed by atoms with Gasteiger partial charge in [-0.3, -0.25) is 19.6 Å². The van der Waals surface area contributed by atoms with E-state index in [4.69, 9.17) is 5.21 Å². The summed E-state index contributed by atoms with van der Waals surface area (Å²) in [5.74, 6) is -3.85. The maximum absolute atomic E-state index is 13.2. The van der Waals surface area contributed by atoms with Gasteiger partial charge in [0.05, 0.1) is 11.1 Å². The Labute approximate surface area is 230 Å². The van der Waals surface area contributed by atoms with Crippen molar-refractivity contribution in [2.45, 2.75) is 46.1 Å². The number of rotatable bonds is 10. The Bertz CT molecular complexity index is 1360. The van der Waals surface area contributed by atoms with Gasteiger partial charge in [0.1, 0.15) is 6.20 Å². The number of benzene rings is 2. The van der Waals surface area contributed by atoms with Crippen LogP contribution in [-0.2, 0) is 9.59 Å². The van der Waals surface area contributed by atoms with Crippen molar-refractivity contribution in [3.63, 3.8) is 0 Å². The van der Waals surface area contributed by atoms with Crippen LogP contribution in [0.5, 0.6) is 0 Å². The van der Waals surface area contributed by atoms with Crippen LogP contribution in [0.25, 0.3) is 5.57 Å². The van der Waals surface area contributed by atoms with Gasteiger partial charge in [-0.2, -0.15) is 10.2 Å². The highest BCUT2D eigenvalue weighted by Gasteiger charge is 2.48. The minimum Gasteiger partial charge on any atom is -0.478 e. The lowest BCUT2D eigenvalue weighted by molar-refractivity contribution is -0.135. The lowest BCUT2D eigenvalue weighted by Crippen LogP contribution is -2.60. The summed E-state index contributed by atoms with van der Waals surface area (Å²) in [6.07, 6.45) is 0.342. The average Bonchev–Trinajstić information content (AvgIpc) is 3.21. The highest BCUT2D eigenvalue weighted by atomic mass is 16.5. The van der Waals surface area contributed by atoms with Gasteiger partial charge in [-0.1, -0.05) is 42.7 Å². The van der Waals surface area contributed by atoms with Crippen molar-refractivity contribution >= 4 is 41.0 Å². The molecule has 2 unspecified atom stereocenters. The second-order valence-electron chi connectivity index (χ2n) is 10.1. The molecule has 0 fully saturated rings. The summed E-state index contributed by atoms with van der Waals surface area (Å²) in [6.45, 7) is 5.55. The Morgan fingerprint density at radius 2 is 1.52 bits per heavy atom. The topological polar surface area (TPSA) is 182 Å². The molecule has 3 rings (SSSR count). The van der Waals surface area contributed by atoms with Crippen molar-refractivity contribution in [2.24, 2.45) is 11.8 Å². The molecule has 3 atom stereocenters. The number of nitrogens with one attached hydrogen (secondary N) is 3. The van der Waals surface area contributed by atoms with Crippen molar-refractivity contribution in [3.8, 4) is 0 Å². The van der Waals surface area contributed by atoms with Gasteiger partial charge in [-0.05, 0) is 43.9 Å². The summed E-state index contributed by atoms with van der Waals surface area (Å²) >= 11 is 0. The number of carboxylic acid groups (broad SMARTS) is 2. The minimum atomic E-state index is -1.42. The number of hydrogen-bond donors (Lipinski definition) is 6. The number of amides is 4. The summed E-state index contributed by atoms with van der Waals surface area (Å²) in [5, 5.41) is 31.6. The van der Waals surface area contributed by atoms with Crippen LogP contribution in [0.15, 0.2) is 54.7 Å². The lowest BCUT2D eigenvalue weighted by atomic mass is 9.92. The molecule has 0 saturated carbocycles. The van der Waals surface area contributed by atoms with E-state index in [0.717, 1.165) is 0 Å². The molecule has 0 aromatic heterocycles. The molecule has 2 aromatic carbocycles. The van der Waals surface area contributed by atoms with Gasteiger partial charge >= 0.3 is 12.1 Å². The van der Waals surface area contributed by atoms with Gasteiger partial charge < -0.3 is 15.5 Å². The Morgan fingerprint density at radius 1 is 0.900 bits per heavy atom. The van der Waals surface area contributed by atoms with Crippen LogP contribution in [0.4, 0.5) is 10.5 Å². The number of hydrogen-bond acceptors (Lipinski definition) is 6. The maximum atomic E-state index is 13.2. The summed E-state index contributed by atoms with van der Waals surface area (Å²) in [6, 6.07) is 11.6. The second-order valence-corrected chi connectivity index (χ2v) is 10.1. The molecule has 1 aliphatic heterocycles. The van der Waals surface area contributed by atoms with Crippen molar-refractivity contribution < 1.29 is 39.4 Å². The van der Waals surface area contributed by atoms with Crippen molar-refractivity contribution in [1.82, 2.24) is 20.8 Å². The molecule has 12 heteroatoms. The number of hydroxylamine groups is 1. The van der Waals surface area contributed by atoms with Gasteiger partial charge in [0.25, 0.3) is 5.91 Å². The van der Waals surface area contributed by atoms with E-state index in [1.807, 2.05) is 13.8 Å². The van der Waals surface area contributed by atoms with Crippen LogP contribution in [0.2, 0.25) is 0 Å². The van der Waals surface area contributed by atoms with Crippen molar-refractivity contribution in [2.75, 3.05) is 0 Å². The first-order valence-electron chi connectivity index (χ1n) is 12.7. The summed E-state index contributed by atoms with van der Waals surface area (Å²) in [4.78, 5) is 62.2. The van der Waals surface area contributed by atoms with E-state index in [2.05, 4.69) is 10.7 Å². The predicted molar refractivity (Wildman–Crippen MR) is 145 cm³/mol. The number of para-hydroxylation sites is 1. The number of fused-ring (bicyclic) bond motifs is 1. The van der Waals surface area contributed by atoms with Gasteiger partial charge in [0.2, 0.25) is 11.8 Å². The maximum Gasteiger partial charge on any atom is 0.549 e. The lowest BCUT2D eigenvalue weighted by Gasteiger charge is -2.25. The first kappa shape index (κ1) is 30.0. The van der Waals surface area contributed by atoms with E-state index in [1.54, 1.807) is 36.7 Å². The van der Waals surface area contributed by atoms with Crippen LogP contribution in [0.1, 0.15) is 66.3 Å². The first-order chi connectivity index (χ1) is 18.9. The normalized spacial score (nSPS) is 17.3. The SMILES string of the molecule is CC(C)CC(CC(=O)NO)C(=O)N[C@H](C)CC1=C[N+](NC(=O)c2ccccc2C(=O)O)(C(=O)O)c2ccccc21. The molecular weight excluding hydrogens is 520 g/mol. The van der Waals surface area contributed by atoms with Crippen molar-refractivity contribution in [3.05, 3.63) is 71.4 Å². The standard InChI is InChI=1S/C28H32N4O8/c1-16(2)12-18(14-24(33)31-40)25(34)29-17(3)13-19-15-32(28(38)39,23-11-7-6-8-20(19)23)30-26(35)21-9-4-5-10-22(21)27(36)37/h4-11,15-18H,12-14H2,1-3H3,(H5-,29,30,31,33,34,35,36,37,38,39,40)/p+1/t17-,18?,32?/m1/s1. The van der Waals surface area contributed by atoms with Gasteiger partial charge in [0.15, 0.2) is 5.69 Å². The average molecular weight is 554 g/mol. The Balaban J connectivity index is 1.90. The van der Waals surface area contributed by atoms with Crippen LogP contribution in [0, 0.1) is 11.8 Å². The highest BCUT2D eigenvalue weighted by Crippen LogP contribution is 2.41. The van der Waals surface area contributed by atoms with Gasteiger partial charge in [-0.25, -0.2) is 10.3 Å². The molecule has 4 amide bonds. The summed E-state index contributed by atoms with van der Waals surface area (Å²) < 4.78 is -1.11. The second kappa shape index (κ2) is 12.5. The fraction of sp³-hybridized carbons (Fsp3) is 0.321. The molecule has 2 aromatic rings. The predicted octanol–water partition coefficient (Wildman–Crippen LogP) is 3.52. The third-order valence-corrected chi connectivity index (χ3v) is 6.56. The number of nitrogens with zero attached hydrogens (tertiary/aromatic N) is 1. The molecule has 0 saturated heterocycles. The van der Waals surface area contributed by atoms with E-state index in [0.29, 0.717) is 17.6 Å². The highest BCUT2D eigenvalue weighted by molar-refractivity contribution is 6.07. The van der Waals surface area contributed by atoms with Gasteiger partial charge in [0, 0.05) is 35.6 Å². The fourth-order valence-electron chi connectivity index (χ4n) is 4.84. The number of carboxylic acids is 1. The van der Waals surface area contributed by atoms with E-state index in [9.17, 15) is 34.2 Å². The molecule has 212 valence electrons. The number of quaternary nitrogens is 1. The van der Waals surface area contributed by atoms with Crippen LogP contribution >= 0.6 is 0 Å². The van der Waals surface area contributed by atoms with Crippen LogP contribution in [-0.4, -0.2) is 51.2 Å². The molecule has 0 bridgehead atoms. The number of carbonyl (C=O) groups excluding carboxylic acids is 3. The van der Waals surface area contributed by atoms with Gasteiger partial charge in [-0.15, -0.1) is 0 Å². The third kappa shape index (κ3) is 6.53. The fourth-order valence-corrected chi connectivity index (χ4v) is 4.84. The Morgan fingerprint density at radius 3 is 2.12 bits per heavy atom. The largest absolute Gasteiger partial charge is 0.549 e. The number of aromatic carboxylic acids is 1. The van der Waals surface area contributed by atoms with Crippen molar-refractivity contribution in [1.29, 1.82) is 0 Å². The minimum absolute atomic E-state index is 0.116. The molecule has 1 heterocycles. The zero-order valence-corrected chi connectivity index (χ0v) is 22.4. The van der Waals surface area contributed by atoms with Crippen LogP contribution < -0.4 is 20.8 Å². The molecule has 40 heavy (non-hydrogen) atoms. The van der Waals surface area contributed by atoms with E-state index >= 15 is 0 Å². The monoisotopic (exact) mass is 553 g/mol. The molecule has 6 N–H and O–H groups in total. The Kier molecular flexibility index (Phi) is 9.40. The Hall–Kier alpha value is -4.55. The zero-order valence-electron chi connectivity index (χ0n) is 22.4. The molecule has 1 aliphatic rings. The summed E-state index contributed by atoms with van der Waals surface area (Å²) in [5.41, 5.74) is 4.86. The molecule has 12 nitrogen and oxygen atoms in total. The molecular formula is C28H33N4O8+. The van der Waals surface area contributed by atoms with E-state index < -0.39 is 40.4 Å². The molecule has 0 radical (unpaired) electrons. The zero-order chi connectivity index (χ0) is 29.6. The molecule has 0 spiro atoms. The van der Waals surface area contributed by atoms with E-state index in [-0.39, 0.29) is 41.5 Å². The smallest absolute Gasteiger partial charge is 0.478 e. The van der Waals surface area contributed by atoms with Crippen LogP contribution in [0.3, 0.4) is 0 Å². The number of carbonyl (C=O) groups is 5. The summed E-state index contributed by atoms with van der Waals surface area (Å²) in [7, 11) is 0. The van der Waals surface area contributed by atoms with E-state index in [1.165, 1.54) is 30.5 Å².